The van der Waals surface area contributed by atoms with Crippen LogP contribution in [0.3, 0.4) is 0 Å². The molecule has 0 bridgehead atoms. The van der Waals surface area contributed by atoms with Gasteiger partial charge in [-0.05, 0) is 54.8 Å². The molecule has 2 aromatic carbocycles. The first kappa shape index (κ1) is 14.1. The van der Waals surface area contributed by atoms with Crippen molar-refractivity contribution in [2.75, 3.05) is 11.9 Å². The monoisotopic (exact) mass is 271 g/mol. The normalized spacial score (nSPS) is 10.3. The number of rotatable bonds is 4. The van der Waals surface area contributed by atoms with Crippen molar-refractivity contribution >= 4 is 11.6 Å². The zero-order valence-corrected chi connectivity index (χ0v) is 11.3. The maximum absolute atomic E-state index is 12.1. The van der Waals surface area contributed by atoms with Gasteiger partial charge in [0.05, 0.1) is 0 Å². The Labute approximate surface area is 117 Å². The number of hydrogen-bond acceptors (Lipinski definition) is 3. The van der Waals surface area contributed by atoms with Crippen molar-refractivity contribution in [3.05, 3.63) is 59.2 Å². The molecule has 2 aromatic rings. The van der Waals surface area contributed by atoms with E-state index in [1.54, 1.807) is 31.2 Å². The van der Waals surface area contributed by atoms with Gasteiger partial charge in [-0.2, -0.15) is 0 Å². The van der Waals surface area contributed by atoms with Gasteiger partial charge in [-0.3, -0.25) is 4.79 Å². The molecule has 0 aliphatic heterocycles. The van der Waals surface area contributed by atoms with Crippen molar-refractivity contribution in [1.29, 1.82) is 0 Å². The molecular weight excluding hydrogens is 254 g/mol. The Morgan fingerprint density at radius 1 is 1.15 bits per heavy atom. The van der Waals surface area contributed by atoms with E-state index >= 15 is 0 Å². The highest BCUT2D eigenvalue weighted by atomic mass is 16.3. The topological polar surface area (TPSA) is 69.6 Å². The fourth-order valence-electron chi connectivity index (χ4n) is 1.98. The van der Waals surface area contributed by atoms with E-state index in [1.807, 2.05) is 12.1 Å². The number of nitrogens with one attached hydrogen (secondary N) is 1. The summed E-state index contributed by atoms with van der Waals surface area (Å²) >= 11 is 0. The molecule has 0 fully saturated rings. The predicted octanol–water partition coefficient (Wildman–Crippen LogP) is 2.49. The van der Waals surface area contributed by atoms with Crippen LogP contribution in [-0.4, -0.2) is 22.7 Å². The summed E-state index contributed by atoms with van der Waals surface area (Å²) in [7, 11) is 0. The average molecular weight is 271 g/mol. The van der Waals surface area contributed by atoms with E-state index in [4.69, 9.17) is 5.11 Å². The average Bonchev–Trinajstić information content (AvgIpc) is 2.41. The van der Waals surface area contributed by atoms with E-state index in [0.717, 1.165) is 11.1 Å². The lowest BCUT2D eigenvalue weighted by atomic mass is 10.1. The number of aromatic hydroxyl groups is 1. The van der Waals surface area contributed by atoms with E-state index in [-0.39, 0.29) is 18.3 Å². The van der Waals surface area contributed by atoms with E-state index < -0.39 is 0 Å². The lowest BCUT2D eigenvalue weighted by Gasteiger charge is -2.08. The SMILES string of the molecule is Cc1cc(O)ccc1C(=O)Nc1ccc(CCO)cc1. The third kappa shape index (κ3) is 3.36. The minimum absolute atomic E-state index is 0.110. The first-order valence-corrected chi connectivity index (χ1v) is 6.41. The van der Waals surface area contributed by atoms with E-state index in [0.29, 0.717) is 17.7 Å². The molecular formula is C16H17NO3. The van der Waals surface area contributed by atoms with Gasteiger partial charge in [0, 0.05) is 17.9 Å². The lowest BCUT2D eigenvalue weighted by molar-refractivity contribution is 0.102. The molecule has 0 unspecified atom stereocenters. The van der Waals surface area contributed by atoms with Crippen LogP contribution >= 0.6 is 0 Å². The largest absolute Gasteiger partial charge is 0.508 e. The Bertz CT molecular complexity index is 606. The molecule has 1 amide bonds. The molecule has 20 heavy (non-hydrogen) atoms. The standard InChI is InChI=1S/C16H17NO3/c1-11-10-14(19)6-7-15(11)16(20)17-13-4-2-12(3-5-13)8-9-18/h2-7,10,18-19H,8-9H2,1H3,(H,17,20). The number of aliphatic hydroxyl groups excluding tert-OH is 1. The van der Waals surface area contributed by atoms with Crippen molar-refractivity contribution in [2.45, 2.75) is 13.3 Å². The van der Waals surface area contributed by atoms with Gasteiger partial charge in [-0.1, -0.05) is 12.1 Å². The van der Waals surface area contributed by atoms with E-state index in [9.17, 15) is 9.90 Å². The molecule has 3 N–H and O–H groups in total. The first-order chi connectivity index (χ1) is 9.60. The zero-order valence-electron chi connectivity index (χ0n) is 11.3. The third-order valence-corrected chi connectivity index (χ3v) is 3.07. The molecule has 4 heteroatoms. The molecule has 0 aliphatic rings. The number of aryl methyl sites for hydroxylation is 1. The first-order valence-electron chi connectivity index (χ1n) is 6.41. The highest BCUT2D eigenvalue weighted by molar-refractivity contribution is 6.05. The van der Waals surface area contributed by atoms with Crippen molar-refractivity contribution < 1.29 is 15.0 Å². The van der Waals surface area contributed by atoms with Crippen LogP contribution in [0.15, 0.2) is 42.5 Å². The summed E-state index contributed by atoms with van der Waals surface area (Å²) < 4.78 is 0. The number of anilines is 1. The smallest absolute Gasteiger partial charge is 0.255 e. The summed E-state index contributed by atoms with van der Waals surface area (Å²) in [5.41, 5.74) is 2.97. The Balaban J connectivity index is 2.11. The summed E-state index contributed by atoms with van der Waals surface area (Å²) in [6, 6.07) is 12.0. The minimum atomic E-state index is -0.211. The number of hydrogen-bond donors (Lipinski definition) is 3. The van der Waals surface area contributed by atoms with Gasteiger partial charge in [0.2, 0.25) is 0 Å². The number of phenols is 1. The van der Waals surface area contributed by atoms with Crippen molar-refractivity contribution in [2.24, 2.45) is 0 Å². The van der Waals surface area contributed by atoms with Crippen LogP contribution in [0.5, 0.6) is 5.75 Å². The summed E-state index contributed by atoms with van der Waals surface area (Å²) in [6.07, 6.45) is 0.602. The van der Waals surface area contributed by atoms with Gasteiger partial charge < -0.3 is 15.5 Å². The molecule has 4 nitrogen and oxygen atoms in total. The third-order valence-electron chi connectivity index (χ3n) is 3.07. The van der Waals surface area contributed by atoms with Crippen LogP contribution in [0.2, 0.25) is 0 Å². The maximum atomic E-state index is 12.1. The zero-order chi connectivity index (χ0) is 14.5. The number of carbonyl (C=O) groups excluding carboxylic acids is 1. The maximum Gasteiger partial charge on any atom is 0.255 e. The number of amides is 1. The Morgan fingerprint density at radius 3 is 2.45 bits per heavy atom. The van der Waals surface area contributed by atoms with Crippen LogP contribution < -0.4 is 5.32 Å². The molecule has 0 heterocycles. The fourth-order valence-corrected chi connectivity index (χ4v) is 1.98. The summed E-state index contributed by atoms with van der Waals surface area (Å²) in [5.74, 6) is -0.0650. The fraction of sp³-hybridized carbons (Fsp3) is 0.188. The molecule has 0 saturated heterocycles. The highest BCUT2D eigenvalue weighted by Gasteiger charge is 2.09. The molecule has 104 valence electrons. The molecule has 0 atom stereocenters. The summed E-state index contributed by atoms with van der Waals surface area (Å²) in [5, 5.41) is 21.0. The molecule has 0 spiro atoms. The molecule has 0 saturated carbocycles. The van der Waals surface area contributed by atoms with E-state index in [2.05, 4.69) is 5.32 Å². The second-order valence-corrected chi connectivity index (χ2v) is 4.62. The van der Waals surface area contributed by atoms with Crippen molar-refractivity contribution in [3.8, 4) is 5.75 Å². The van der Waals surface area contributed by atoms with Gasteiger partial charge in [0.15, 0.2) is 0 Å². The van der Waals surface area contributed by atoms with Gasteiger partial charge in [0.25, 0.3) is 5.91 Å². The highest BCUT2D eigenvalue weighted by Crippen LogP contribution is 2.17. The van der Waals surface area contributed by atoms with E-state index in [1.165, 1.54) is 6.07 Å². The molecule has 0 radical (unpaired) electrons. The summed E-state index contributed by atoms with van der Waals surface area (Å²) in [4.78, 5) is 12.1. The van der Waals surface area contributed by atoms with Crippen LogP contribution in [0.25, 0.3) is 0 Å². The Kier molecular flexibility index (Phi) is 4.38. The Hall–Kier alpha value is -2.33. The Morgan fingerprint density at radius 2 is 1.85 bits per heavy atom. The van der Waals surface area contributed by atoms with Gasteiger partial charge in [-0.15, -0.1) is 0 Å². The predicted molar refractivity (Wildman–Crippen MR) is 78.0 cm³/mol. The summed E-state index contributed by atoms with van der Waals surface area (Å²) in [6.45, 7) is 1.89. The van der Waals surface area contributed by atoms with Crippen molar-refractivity contribution in [3.63, 3.8) is 0 Å². The number of phenolic OH excluding ortho intramolecular Hbond substituents is 1. The van der Waals surface area contributed by atoms with Gasteiger partial charge in [0.1, 0.15) is 5.75 Å². The van der Waals surface area contributed by atoms with Gasteiger partial charge in [-0.25, -0.2) is 0 Å². The quantitative estimate of drug-likeness (QED) is 0.800. The molecule has 0 aliphatic carbocycles. The van der Waals surface area contributed by atoms with Gasteiger partial charge >= 0.3 is 0 Å². The lowest BCUT2D eigenvalue weighted by Crippen LogP contribution is -2.13. The van der Waals surface area contributed by atoms with Crippen LogP contribution in [0, 0.1) is 6.92 Å². The molecule has 2 rings (SSSR count). The number of benzene rings is 2. The second kappa shape index (κ2) is 6.21. The van der Waals surface area contributed by atoms with Crippen LogP contribution in [0.1, 0.15) is 21.5 Å². The number of carbonyl (C=O) groups is 1. The van der Waals surface area contributed by atoms with Crippen LogP contribution in [-0.2, 0) is 6.42 Å². The number of aliphatic hydroxyl groups is 1. The van der Waals surface area contributed by atoms with Crippen molar-refractivity contribution in [1.82, 2.24) is 0 Å². The molecule has 0 aromatic heterocycles. The minimum Gasteiger partial charge on any atom is -0.508 e. The second-order valence-electron chi connectivity index (χ2n) is 4.62. The van der Waals surface area contributed by atoms with Crippen LogP contribution in [0.4, 0.5) is 5.69 Å².